The summed E-state index contributed by atoms with van der Waals surface area (Å²) in [6.07, 6.45) is -39.0. The van der Waals surface area contributed by atoms with Crippen LogP contribution in [0.3, 0.4) is 0 Å². The molecule has 0 aromatic carbocycles. The molecule has 11 rings (SSSR count). The van der Waals surface area contributed by atoms with Crippen molar-refractivity contribution in [1.29, 1.82) is 0 Å². The van der Waals surface area contributed by atoms with Gasteiger partial charge in [-0.15, -0.1) is 0 Å². The van der Waals surface area contributed by atoms with Gasteiger partial charge in [0.25, 0.3) is 0 Å². The molecule has 0 aromatic rings. The zero-order valence-corrected chi connectivity index (χ0v) is 47.8. The Hall–Kier alpha value is -1.12. The van der Waals surface area contributed by atoms with Crippen LogP contribution in [0.4, 0.5) is 0 Å². The van der Waals surface area contributed by atoms with Crippen LogP contribution in [0, 0.1) is 52.3 Å². The van der Waals surface area contributed by atoms with Crippen LogP contribution >= 0.6 is 0 Å². The van der Waals surface area contributed by atoms with Gasteiger partial charge in [0.15, 0.2) is 37.2 Å². The molecule has 7 saturated heterocycles. The van der Waals surface area contributed by atoms with E-state index in [4.69, 9.17) is 56.8 Å². The van der Waals surface area contributed by atoms with Crippen molar-refractivity contribution in [3.8, 4) is 0 Å². The van der Waals surface area contributed by atoms with Crippen LogP contribution in [0.2, 0.25) is 0 Å². The lowest BCUT2D eigenvalue weighted by Crippen LogP contribution is -2.69. The molecule has 16 N–H and O–H groups in total. The number of hydrogen-bond acceptors (Lipinski definition) is 28. The van der Waals surface area contributed by atoms with Crippen LogP contribution in [-0.4, -0.2) is 293 Å². The van der Waals surface area contributed by atoms with E-state index in [2.05, 4.69) is 27.7 Å². The molecule has 484 valence electrons. The molecule has 0 aromatic heterocycles. The lowest BCUT2D eigenvalue weighted by molar-refractivity contribution is -0.410. The van der Waals surface area contributed by atoms with Gasteiger partial charge in [-0.1, -0.05) is 27.7 Å². The van der Waals surface area contributed by atoms with Crippen molar-refractivity contribution in [1.82, 2.24) is 0 Å². The van der Waals surface area contributed by atoms with Crippen LogP contribution in [0.5, 0.6) is 0 Å². The predicted octanol–water partition coefficient (Wildman–Crippen LogP) is -5.48. The third kappa shape index (κ3) is 11.2. The van der Waals surface area contributed by atoms with Gasteiger partial charge in [0.2, 0.25) is 0 Å². The van der Waals surface area contributed by atoms with Gasteiger partial charge in [0.05, 0.1) is 58.0 Å². The number of aliphatic hydroxyl groups excluding tert-OH is 16. The fraction of sp³-hybridized carbons (Fsp3) is 1.00. The van der Waals surface area contributed by atoms with E-state index in [9.17, 15) is 81.7 Å². The summed E-state index contributed by atoms with van der Waals surface area (Å²) in [7, 11) is 0. The lowest BCUT2D eigenvalue weighted by atomic mass is 9.44. The summed E-state index contributed by atoms with van der Waals surface area (Å²) >= 11 is 0. The Bertz CT molecular complexity index is 2180. The number of ether oxygens (including phenoxy) is 12. The SMILES string of the molecule is C[C@@H]1CC[C@@]2(OC1)O[C@H]1C[C@H]3[C@@H]4CC[C@H]5C[C@@H](O[C@@H]6O[C@H](CO)[C@H](O[C@@H]7O[C@H](CO)[C@@H](O)[C@H](O[C@@H]8OC[C@@H](O)[C@H](O)[C@H]8O)[C@H]7O[C@@H]7O[C@H](CO)[C@@H](O)[C@H](O[C@@H]8O[C@H](CO)[C@@H](O)[C@H](O)[C@H]8O)[C@H]7O)[C@H](O)[C@H]6O)[C@H](O)C[C@]5(C)[C@H]4CC[C@]3(C)[C@H]1[C@@H]2C. The minimum Gasteiger partial charge on any atom is -0.394 e. The normalized spacial score (nSPS) is 57.7. The largest absolute Gasteiger partial charge is 0.394 e. The van der Waals surface area contributed by atoms with E-state index in [1.807, 2.05) is 0 Å². The highest BCUT2D eigenvalue weighted by Gasteiger charge is 2.70. The summed E-state index contributed by atoms with van der Waals surface area (Å²) in [5, 5.41) is 176. The van der Waals surface area contributed by atoms with E-state index in [0.717, 1.165) is 51.6 Å². The summed E-state index contributed by atoms with van der Waals surface area (Å²) in [5.74, 6) is 2.10. The smallest absolute Gasteiger partial charge is 0.187 e. The Labute approximate surface area is 486 Å². The molecular formula is C56H92O28. The van der Waals surface area contributed by atoms with E-state index >= 15 is 0 Å². The van der Waals surface area contributed by atoms with Gasteiger partial charge in [-0.3, -0.25) is 0 Å². The van der Waals surface area contributed by atoms with Gasteiger partial charge >= 0.3 is 0 Å². The quantitative estimate of drug-likeness (QED) is 0.0722. The minimum atomic E-state index is -2.20. The van der Waals surface area contributed by atoms with Crippen molar-refractivity contribution in [2.75, 3.05) is 39.6 Å². The maximum atomic E-state index is 12.1. The molecule has 4 aliphatic carbocycles. The number of fused-ring (bicyclic) bond motifs is 7. The van der Waals surface area contributed by atoms with Gasteiger partial charge in [-0.2, -0.15) is 0 Å². The fourth-order valence-electron chi connectivity index (χ4n) is 17.4. The zero-order valence-electron chi connectivity index (χ0n) is 47.8. The topological polar surface area (TPSA) is 434 Å². The Morgan fingerprint density at radius 1 is 0.452 bits per heavy atom. The lowest BCUT2D eigenvalue weighted by Gasteiger charge is -2.62. The second-order valence-corrected chi connectivity index (χ2v) is 26.8. The summed E-state index contributed by atoms with van der Waals surface area (Å²) in [6.45, 7) is 5.74. The predicted molar refractivity (Wildman–Crippen MR) is 276 cm³/mol. The molecular weight excluding hydrogens is 1120 g/mol. The first-order valence-electron chi connectivity index (χ1n) is 30.3. The van der Waals surface area contributed by atoms with Gasteiger partial charge < -0.3 is 139 Å². The number of rotatable bonds is 14. The second kappa shape index (κ2) is 25.2. The Morgan fingerprint density at radius 3 is 1.69 bits per heavy atom. The third-order valence-corrected chi connectivity index (χ3v) is 22.1. The molecule has 0 unspecified atom stereocenters. The van der Waals surface area contributed by atoms with Crippen LogP contribution in [0.15, 0.2) is 0 Å². The van der Waals surface area contributed by atoms with Gasteiger partial charge in [-0.05, 0) is 97.7 Å². The van der Waals surface area contributed by atoms with E-state index < -0.39 is 198 Å². The fourth-order valence-corrected chi connectivity index (χ4v) is 17.4. The third-order valence-electron chi connectivity index (χ3n) is 22.1. The van der Waals surface area contributed by atoms with Crippen LogP contribution < -0.4 is 0 Å². The van der Waals surface area contributed by atoms with E-state index in [1.54, 1.807) is 0 Å². The van der Waals surface area contributed by atoms with Crippen LogP contribution in [-0.2, 0) is 56.8 Å². The summed E-state index contributed by atoms with van der Waals surface area (Å²) in [4.78, 5) is 0. The van der Waals surface area contributed by atoms with Crippen LogP contribution in [0.1, 0.15) is 85.5 Å². The summed E-state index contributed by atoms with van der Waals surface area (Å²) in [5.41, 5.74) is -0.128. The van der Waals surface area contributed by atoms with Crippen molar-refractivity contribution < 1.29 is 139 Å². The standard InChI is InChI=1S/C56H92O28/c1-20-7-10-56(74-18-20)21(2)34-29(84-56)12-25-23-6-5-22-11-28(26(61)13-55(22,4)24(23)8-9-54(25,34)3)75-50-43(71)40(68)45(33(17-60)79-50)80-53-48(47(38(66)32(16-59)78-53)82-49-41(69)35(63)27(62)19-73-49)83-52-44(72)46(37(65)31(15-58)77-52)81-51-42(70)39(67)36(64)30(14-57)76-51/h20-53,57-72H,5-19H2,1-4H3/t20-,21+,22+,23-,24+,25+,26-,27-,28-,29+,30-,31-,32-,33-,34+,35+,36-,37-,38-,39+,40-,41-,42-,43-,44-,45+,46+,47+,48-,49+,50-,51+,52+,53+,54+,55+,56-/m1/s1. The second-order valence-electron chi connectivity index (χ2n) is 26.8. The molecule has 28 heteroatoms. The first-order chi connectivity index (χ1) is 39.9. The van der Waals surface area contributed by atoms with Crippen LogP contribution in [0.25, 0.3) is 0 Å². The van der Waals surface area contributed by atoms with Crippen molar-refractivity contribution >= 4 is 0 Å². The number of aliphatic hydroxyl groups is 16. The van der Waals surface area contributed by atoms with Gasteiger partial charge in [0.1, 0.15) is 116 Å². The molecule has 11 fully saturated rings. The van der Waals surface area contributed by atoms with E-state index in [-0.39, 0.29) is 28.8 Å². The monoisotopic (exact) mass is 1210 g/mol. The van der Waals surface area contributed by atoms with Crippen molar-refractivity contribution in [3.05, 3.63) is 0 Å². The molecule has 0 bridgehead atoms. The first-order valence-corrected chi connectivity index (χ1v) is 30.3. The first kappa shape index (κ1) is 64.4. The average Bonchev–Trinajstić information content (AvgIpc) is 1.56. The maximum Gasteiger partial charge on any atom is 0.187 e. The molecule has 37 atom stereocenters. The van der Waals surface area contributed by atoms with Gasteiger partial charge in [0, 0.05) is 12.3 Å². The molecule has 0 amide bonds. The summed E-state index contributed by atoms with van der Waals surface area (Å²) in [6, 6.07) is 0. The molecule has 4 saturated carbocycles. The Balaban J connectivity index is 0.793. The molecule has 84 heavy (non-hydrogen) atoms. The summed E-state index contributed by atoms with van der Waals surface area (Å²) < 4.78 is 73.1. The Kier molecular flexibility index (Phi) is 19.3. The molecule has 7 heterocycles. The van der Waals surface area contributed by atoms with E-state index in [1.165, 1.54) is 0 Å². The molecule has 1 spiro atoms. The molecule has 28 nitrogen and oxygen atoms in total. The zero-order chi connectivity index (χ0) is 60.2. The van der Waals surface area contributed by atoms with Crippen molar-refractivity contribution in [2.45, 2.75) is 257 Å². The number of hydrogen-bond donors (Lipinski definition) is 16. The average molecular weight is 1210 g/mol. The van der Waals surface area contributed by atoms with Crippen molar-refractivity contribution in [3.63, 3.8) is 0 Å². The Morgan fingerprint density at radius 2 is 1.02 bits per heavy atom. The highest BCUT2D eigenvalue weighted by molar-refractivity contribution is 5.16. The molecule has 0 radical (unpaired) electrons. The highest BCUT2D eigenvalue weighted by Crippen LogP contribution is 2.71. The van der Waals surface area contributed by atoms with Gasteiger partial charge in [-0.25, -0.2) is 0 Å². The molecule has 7 aliphatic heterocycles. The molecule has 11 aliphatic rings. The van der Waals surface area contributed by atoms with E-state index in [0.29, 0.717) is 42.4 Å². The minimum absolute atomic E-state index is 0.101. The highest BCUT2D eigenvalue weighted by atomic mass is 16.8. The maximum absolute atomic E-state index is 12.1. The van der Waals surface area contributed by atoms with Crippen molar-refractivity contribution in [2.24, 2.45) is 52.3 Å².